The van der Waals surface area contributed by atoms with Crippen molar-refractivity contribution in [2.24, 2.45) is 0 Å². The zero-order valence-corrected chi connectivity index (χ0v) is 16.9. The van der Waals surface area contributed by atoms with Crippen molar-refractivity contribution in [1.29, 1.82) is 0 Å². The molecule has 0 aromatic heterocycles. The van der Waals surface area contributed by atoms with E-state index < -0.39 is 0 Å². The van der Waals surface area contributed by atoms with Gasteiger partial charge in [0, 0.05) is 49.0 Å². The van der Waals surface area contributed by atoms with Crippen molar-refractivity contribution in [3.05, 3.63) is 62.8 Å². The van der Waals surface area contributed by atoms with Crippen LogP contribution in [0.5, 0.6) is 0 Å². The maximum absolute atomic E-state index is 13.9. The molecule has 0 saturated carbocycles. The van der Waals surface area contributed by atoms with Gasteiger partial charge in [0.15, 0.2) is 5.11 Å². The van der Waals surface area contributed by atoms with Crippen molar-refractivity contribution >= 4 is 57.8 Å². The van der Waals surface area contributed by atoms with Crippen LogP contribution in [0.3, 0.4) is 0 Å². The van der Waals surface area contributed by atoms with E-state index in [1.54, 1.807) is 24.3 Å². The highest BCUT2D eigenvalue weighted by Crippen LogP contribution is 2.25. The number of piperazine rings is 1. The van der Waals surface area contributed by atoms with Gasteiger partial charge in [-0.3, -0.25) is 4.90 Å². The quantitative estimate of drug-likeness (QED) is 0.663. The first-order chi connectivity index (χ1) is 12.4. The summed E-state index contributed by atoms with van der Waals surface area (Å²) in [6, 6.07) is 10.1. The first-order valence-corrected chi connectivity index (χ1v) is 9.64. The van der Waals surface area contributed by atoms with Gasteiger partial charge in [0.05, 0.1) is 10.0 Å². The third-order valence-corrected chi connectivity index (χ3v) is 5.73. The normalized spacial score (nSPS) is 15.2. The lowest BCUT2D eigenvalue weighted by atomic mass is 10.2. The average molecular weight is 433 g/mol. The van der Waals surface area contributed by atoms with E-state index in [4.69, 9.17) is 47.0 Å². The molecule has 0 amide bonds. The summed E-state index contributed by atoms with van der Waals surface area (Å²) in [5, 5.41) is 5.25. The highest BCUT2D eigenvalue weighted by Gasteiger charge is 2.21. The molecule has 0 bridgehead atoms. The minimum absolute atomic E-state index is 0.267. The molecule has 3 rings (SSSR count). The second-order valence-corrected chi connectivity index (χ2v) is 7.63. The molecule has 138 valence electrons. The van der Waals surface area contributed by atoms with Crippen molar-refractivity contribution in [2.75, 3.05) is 31.5 Å². The smallest absolute Gasteiger partial charge is 0.173 e. The number of nitrogens with zero attached hydrogens (tertiary/aromatic N) is 2. The van der Waals surface area contributed by atoms with Gasteiger partial charge < -0.3 is 10.2 Å². The number of benzene rings is 2. The predicted octanol–water partition coefficient (Wildman–Crippen LogP) is 5.30. The number of halogens is 4. The average Bonchev–Trinajstić information content (AvgIpc) is 2.62. The summed E-state index contributed by atoms with van der Waals surface area (Å²) in [4.78, 5) is 4.25. The number of hydrogen-bond acceptors (Lipinski definition) is 2. The van der Waals surface area contributed by atoms with Crippen LogP contribution in [0.2, 0.25) is 15.1 Å². The predicted molar refractivity (Wildman–Crippen MR) is 111 cm³/mol. The maximum atomic E-state index is 13.9. The SMILES string of the molecule is Fc1cccc(Cl)c1CN1CCN(C(=S)Nc2ccc(Cl)c(Cl)c2)CC1. The van der Waals surface area contributed by atoms with Crippen LogP contribution in [0.25, 0.3) is 0 Å². The molecule has 2 aromatic rings. The summed E-state index contributed by atoms with van der Waals surface area (Å²) < 4.78 is 13.9. The summed E-state index contributed by atoms with van der Waals surface area (Å²) in [5.74, 6) is -0.267. The Bertz CT molecular complexity index is 790. The molecule has 1 fully saturated rings. The Morgan fingerprint density at radius 1 is 1.00 bits per heavy atom. The van der Waals surface area contributed by atoms with E-state index in [1.165, 1.54) is 6.07 Å². The summed E-state index contributed by atoms with van der Waals surface area (Å²) in [6.45, 7) is 3.53. The molecule has 2 aromatic carbocycles. The van der Waals surface area contributed by atoms with Crippen LogP contribution in [0, 0.1) is 5.82 Å². The van der Waals surface area contributed by atoms with Crippen LogP contribution in [-0.4, -0.2) is 41.1 Å². The van der Waals surface area contributed by atoms with E-state index in [1.807, 2.05) is 6.07 Å². The highest BCUT2D eigenvalue weighted by atomic mass is 35.5. The van der Waals surface area contributed by atoms with E-state index in [9.17, 15) is 4.39 Å². The molecule has 1 aliphatic rings. The van der Waals surface area contributed by atoms with Crippen molar-refractivity contribution < 1.29 is 4.39 Å². The number of anilines is 1. The van der Waals surface area contributed by atoms with Crippen LogP contribution in [0.15, 0.2) is 36.4 Å². The number of nitrogens with one attached hydrogen (secondary N) is 1. The van der Waals surface area contributed by atoms with Crippen LogP contribution < -0.4 is 5.32 Å². The van der Waals surface area contributed by atoms with E-state index in [2.05, 4.69) is 15.1 Å². The number of hydrogen-bond donors (Lipinski definition) is 1. The summed E-state index contributed by atoms with van der Waals surface area (Å²) in [6.07, 6.45) is 0. The van der Waals surface area contributed by atoms with Gasteiger partial charge in [-0.05, 0) is 42.5 Å². The molecular weight excluding hydrogens is 416 g/mol. The molecule has 1 heterocycles. The van der Waals surface area contributed by atoms with Gasteiger partial charge >= 0.3 is 0 Å². The Morgan fingerprint density at radius 2 is 1.73 bits per heavy atom. The lowest BCUT2D eigenvalue weighted by molar-refractivity contribution is 0.175. The summed E-state index contributed by atoms with van der Waals surface area (Å²) in [5.41, 5.74) is 1.34. The standard InChI is InChI=1S/C18H17Cl3FN3S/c19-14-2-1-3-17(22)13(14)11-24-6-8-25(9-7-24)18(26)23-12-4-5-15(20)16(21)10-12/h1-5,10H,6-9,11H2,(H,23,26). The Hall–Kier alpha value is -1.11. The van der Waals surface area contributed by atoms with Crippen LogP contribution in [0.4, 0.5) is 10.1 Å². The lowest BCUT2D eigenvalue weighted by Crippen LogP contribution is -2.49. The Labute approximate surface area is 172 Å². The van der Waals surface area contributed by atoms with Crippen molar-refractivity contribution in [3.63, 3.8) is 0 Å². The molecule has 8 heteroatoms. The molecular formula is C18H17Cl3FN3S. The van der Waals surface area contributed by atoms with Gasteiger partial charge in [-0.1, -0.05) is 40.9 Å². The topological polar surface area (TPSA) is 18.5 Å². The monoisotopic (exact) mass is 431 g/mol. The van der Waals surface area contributed by atoms with Gasteiger partial charge in [0.2, 0.25) is 0 Å². The molecule has 0 atom stereocenters. The lowest BCUT2D eigenvalue weighted by Gasteiger charge is -2.36. The molecule has 1 aliphatic heterocycles. The second-order valence-electron chi connectivity index (χ2n) is 6.02. The Morgan fingerprint density at radius 3 is 2.38 bits per heavy atom. The minimum atomic E-state index is -0.267. The Kier molecular flexibility index (Phi) is 6.59. The maximum Gasteiger partial charge on any atom is 0.173 e. The second kappa shape index (κ2) is 8.72. The van der Waals surface area contributed by atoms with Crippen LogP contribution >= 0.6 is 47.0 Å². The fourth-order valence-corrected chi connectivity index (χ4v) is 3.61. The number of rotatable bonds is 3. The molecule has 1 saturated heterocycles. The molecule has 3 nitrogen and oxygen atoms in total. The third-order valence-electron chi connectivity index (χ3n) is 4.27. The van der Waals surface area contributed by atoms with Crippen LogP contribution in [-0.2, 0) is 6.54 Å². The van der Waals surface area contributed by atoms with Gasteiger partial charge in [0.1, 0.15) is 5.82 Å². The molecule has 0 unspecified atom stereocenters. The van der Waals surface area contributed by atoms with Gasteiger partial charge in [0.25, 0.3) is 0 Å². The van der Waals surface area contributed by atoms with E-state index in [-0.39, 0.29) is 5.82 Å². The zero-order valence-electron chi connectivity index (χ0n) is 13.8. The van der Waals surface area contributed by atoms with Crippen LogP contribution in [0.1, 0.15) is 5.56 Å². The van der Waals surface area contributed by atoms with E-state index >= 15 is 0 Å². The van der Waals surface area contributed by atoms with E-state index in [0.29, 0.717) is 32.3 Å². The third kappa shape index (κ3) is 4.78. The van der Waals surface area contributed by atoms with Gasteiger partial charge in [-0.25, -0.2) is 4.39 Å². The first-order valence-electron chi connectivity index (χ1n) is 8.10. The van der Waals surface area contributed by atoms with Crippen molar-refractivity contribution in [1.82, 2.24) is 9.80 Å². The molecule has 0 spiro atoms. The van der Waals surface area contributed by atoms with Crippen molar-refractivity contribution in [2.45, 2.75) is 6.54 Å². The minimum Gasteiger partial charge on any atom is -0.346 e. The fraction of sp³-hybridized carbons (Fsp3) is 0.278. The molecule has 0 aliphatic carbocycles. The first kappa shape index (κ1) is 19.6. The molecule has 1 N–H and O–H groups in total. The Balaban J connectivity index is 1.54. The zero-order chi connectivity index (χ0) is 18.7. The van der Waals surface area contributed by atoms with Gasteiger partial charge in [-0.15, -0.1) is 0 Å². The highest BCUT2D eigenvalue weighted by molar-refractivity contribution is 7.80. The largest absolute Gasteiger partial charge is 0.346 e. The molecule has 26 heavy (non-hydrogen) atoms. The summed E-state index contributed by atoms with van der Waals surface area (Å²) in [7, 11) is 0. The fourth-order valence-electron chi connectivity index (χ4n) is 2.79. The summed E-state index contributed by atoms with van der Waals surface area (Å²) >= 11 is 23.5. The molecule has 0 radical (unpaired) electrons. The van der Waals surface area contributed by atoms with Crippen molar-refractivity contribution in [3.8, 4) is 0 Å². The number of thiocarbonyl (C=S) groups is 1. The van der Waals surface area contributed by atoms with E-state index in [0.717, 1.165) is 31.9 Å². The van der Waals surface area contributed by atoms with Gasteiger partial charge in [-0.2, -0.15) is 0 Å².